The predicted molar refractivity (Wildman–Crippen MR) is 72.6 cm³/mol. The van der Waals surface area contributed by atoms with Gasteiger partial charge in [0.05, 0.1) is 0 Å². The number of alkyl halides is 1. The van der Waals surface area contributed by atoms with E-state index in [1.807, 2.05) is 20.8 Å². The second kappa shape index (κ2) is 6.05. The van der Waals surface area contributed by atoms with E-state index in [9.17, 15) is 4.79 Å². The van der Waals surface area contributed by atoms with Gasteiger partial charge in [-0.3, -0.25) is 4.90 Å². The normalized spacial score (nSPS) is 20.2. The Morgan fingerprint density at radius 1 is 1.29 bits per heavy atom. The van der Waals surface area contributed by atoms with Gasteiger partial charge < -0.3 is 9.64 Å². The first-order chi connectivity index (χ1) is 7.78. The van der Waals surface area contributed by atoms with E-state index >= 15 is 0 Å². The highest BCUT2D eigenvalue weighted by molar-refractivity contribution is 9.09. The van der Waals surface area contributed by atoms with Gasteiger partial charge in [-0.25, -0.2) is 4.79 Å². The average Bonchev–Trinajstić information content (AvgIpc) is 2.15. The summed E-state index contributed by atoms with van der Waals surface area (Å²) >= 11 is 3.55. The first-order valence-corrected chi connectivity index (χ1v) is 7.04. The molecule has 1 amide bonds. The summed E-state index contributed by atoms with van der Waals surface area (Å²) in [6.45, 7) is 12.2. The molecule has 17 heavy (non-hydrogen) atoms. The molecule has 4 nitrogen and oxygen atoms in total. The number of rotatable bonds is 2. The highest BCUT2D eigenvalue weighted by Gasteiger charge is 2.25. The number of ether oxygens (including phenoxy) is 1. The Morgan fingerprint density at radius 3 is 2.24 bits per heavy atom. The monoisotopic (exact) mass is 306 g/mol. The van der Waals surface area contributed by atoms with Gasteiger partial charge in [0, 0.05) is 37.6 Å². The number of carbonyl (C=O) groups excluding carboxylic acids is 1. The van der Waals surface area contributed by atoms with E-state index in [0.717, 1.165) is 32.7 Å². The summed E-state index contributed by atoms with van der Waals surface area (Å²) in [4.78, 5) is 16.5. The zero-order chi connectivity index (χ0) is 13.1. The number of halogens is 1. The summed E-state index contributed by atoms with van der Waals surface area (Å²) in [6, 6.07) is 0. The molecule has 100 valence electrons. The van der Waals surface area contributed by atoms with E-state index in [-0.39, 0.29) is 6.09 Å². The minimum atomic E-state index is -0.404. The fourth-order valence-electron chi connectivity index (χ4n) is 1.80. The van der Waals surface area contributed by atoms with Gasteiger partial charge in [-0.1, -0.05) is 22.9 Å². The molecule has 0 N–H and O–H groups in total. The molecule has 1 aliphatic heterocycles. The van der Waals surface area contributed by atoms with Crippen molar-refractivity contribution in [2.45, 2.75) is 38.1 Å². The van der Waals surface area contributed by atoms with E-state index in [2.05, 4.69) is 27.8 Å². The maximum atomic E-state index is 11.8. The van der Waals surface area contributed by atoms with Crippen LogP contribution in [-0.2, 0) is 4.74 Å². The molecule has 1 atom stereocenters. The summed E-state index contributed by atoms with van der Waals surface area (Å²) in [5.74, 6) is 0. The zero-order valence-corrected chi connectivity index (χ0v) is 12.8. The van der Waals surface area contributed by atoms with Crippen LogP contribution in [0.4, 0.5) is 4.79 Å². The maximum absolute atomic E-state index is 11.8. The lowest BCUT2D eigenvalue weighted by Crippen LogP contribution is -2.50. The Kier molecular flexibility index (Phi) is 5.25. The lowest BCUT2D eigenvalue weighted by atomic mass is 10.2. The van der Waals surface area contributed by atoms with E-state index in [1.54, 1.807) is 4.90 Å². The van der Waals surface area contributed by atoms with Gasteiger partial charge in [0.2, 0.25) is 0 Å². The third-order valence-corrected chi connectivity index (χ3v) is 2.82. The molecule has 0 bridgehead atoms. The van der Waals surface area contributed by atoms with Gasteiger partial charge in [-0.2, -0.15) is 0 Å². The molecule has 1 saturated heterocycles. The second-order valence-corrected chi connectivity index (χ2v) is 7.11. The lowest BCUT2D eigenvalue weighted by molar-refractivity contribution is 0.0147. The van der Waals surface area contributed by atoms with Crippen LogP contribution in [0.25, 0.3) is 0 Å². The molecule has 1 aliphatic rings. The fraction of sp³-hybridized carbons (Fsp3) is 0.917. The quantitative estimate of drug-likeness (QED) is 0.734. The highest BCUT2D eigenvalue weighted by Crippen LogP contribution is 2.12. The molecular formula is C12H23BrN2O2. The van der Waals surface area contributed by atoms with Crippen LogP contribution in [-0.4, -0.2) is 59.0 Å². The smallest absolute Gasteiger partial charge is 0.410 e. The first kappa shape index (κ1) is 14.8. The molecule has 1 fully saturated rings. The Labute approximate surface area is 112 Å². The summed E-state index contributed by atoms with van der Waals surface area (Å²) in [6.07, 6.45) is -0.191. The van der Waals surface area contributed by atoms with Crippen molar-refractivity contribution in [2.24, 2.45) is 0 Å². The number of nitrogens with zero attached hydrogens (tertiary/aromatic N) is 2. The molecule has 0 aromatic rings. The van der Waals surface area contributed by atoms with Crippen molar-refractivity contribution in [3.05, 3.63) is 0 Å². The van der Waals surface area contributed by atoms with Crippen LogP contribution in [0.5, 0.6) is 0 Å². The largest absolute Gasteiger partial charge is 0.444 e. The van der Waals surface area contributed by atoms with Crippen molar-refractivity contribution >= 4 is 22.0 Å². The average molecular weight is 307 g/mol. The van der Waals surface area contributed by atoms with Gasteiger partial charge in [-0.05, 0) is 20.8 Å². The Hall–Kier alpha value is -0.290. The molecule has 0 radical (unpaired) electrons. The molecule has 0 saturated carbocycles. The molecular weight excluding hydrogens is 284 g/mol. The van der Waals surface area contributed by atoms with Gasteiger partial charge in [0.1, 0.15) is 5.60 Å². The van der Waals surface area contributed by atoms with Crippen LogP contribution < -0.4 is 0 Å². The zero-order valence-electron chi connectivity index (χ0n) is 11.2. The topological polar surface area (TPSA) is 32.8 Å². The fourth-order valence-corrected chi connectivity index (χ4v) is 2.20. The Balaban J connectivity index is 2.34. The molecule has 1 rings (SSSR count). The van der Waals surface area contributed by atoms with Gasteiger partial charge in [0.15, 0.2) is 0 Å². The van der Waals surface area contributed by atoms with Crippen LogP contribution in [0.15, 0.2) is 0 Å². The molecule has 0 spiro atoms. The summed E-state index contributed by atoms with van der Waals surface area (Å²) in [5.41, 5.74) is -0.404. The summed E-state index contributed by atoms with van der Waals surface area (Å²) < 4.78 is 5.35. The van der Waals surface area contributed by atoms with Gasteiger partial charge in [-0.15, -0.1) is 0 Å². The minimum absolute atomic E-state index is 0.191. The summed E-state index contributed by atoms with van der Waals surface area (Å²) in [7, 11) is 0. The molecule has 0 aromatic heterocycles. The van der Waals surface area contributed by atoms with Crippen LogP contribution in [0.3, 0.4) is 0 Å². The van der Waals surface area contributed by atoms with E-state index < -0.39 is 5.60 Å². The third kappa shape index (κ3) is 5.73. The number of hydrogen-bond donors (Lipinski definition) is 0. The Bertz CT molecular complexity index is 256. The van der Waals surface area contributed by atoms with Crippen molar-refractivity contribution < 1.29 is 9.53 Å². The maximum Gasteiger partial charge on any atom is 0.410 e. The SMILES string of the molecule is C[C@H](Br)CN1CCN(C(=O)OC(C)(C)C)CC1. The Morgan fingerprint density at radius 2 is 1.82 bits per heavy atom. The molecule has 1 heterocycles. The van der Waals surface area contributed by atoms with E-state index in [4.69, 9.17) is 4.74 Å². The van der Waals surface area contributed by atoms with Crippen molar-refractivity contribution in [1.29, 1.82) is 0 Å². The molecule has 0 aromatic carbocycles. The van der Waals surface area contributed by atoms with Crippen molar-refractivity contribution in [2.75, 3.05) is 32.7 Å². The van der Waals surface area contributed by atoms with Crippen LogP contribution >= 0.6 is 15.9 Å². The lowest BCUT2D eigenvalue weighted by Gasteiger charge is -2.36. The van der Waals surface area contributed by atoms with Crippen molar-refractivity contribution in [3.8, 4) is 0 Å². The summed E-state index contributed by atoms with van der Waals surface area (Å²) in [5, 5.41) is 0. The number of hydrogen-bond acceptors (Lipinski definition) is 3. The predicted octanol–water partition coefficient (Wildman–Crippen LogP) is 2.32. The van der Waals surface area contributed by atoms with Crippen LogP contribution in [0.2, 0.25) is 0 Å². The first-order valence-electron chi connectivity index (χ1n) is 6.12. The number of amides is 1. The third-order valence-electron chi connectivity index (χ3n) is 2.53. The van der Waals surface area contributed by atoms with Crippen molar-refractivity contribution in [1.82, 2.24) is 9.80 Å². The minimum Gasteiger partial charge on any atom is -0.444 e. The van der Waals surface area contributed by atoms with Crippen LogP contribution in [0, 0.1) is 0 Å². The molecule has 0 unspecified atom stereocenters. The standard InChI is InChI=1S/C12H23BrN2O2/c1-10(13)9-14-5-7-15(8-6-14)11(16)17-12(2,3)4/h10H,5-9H2,1-4H3/t10-/m0/s1. The van der Waals surface area contributed by atoms with E-state index in [1.165, 1.54) is 0 Å². The highest BCUT2D eigenvalue weighted by atomic mass is 79.9. The number of piperazine rings is 1. The van der Waals surface area contributed by atoms with Gasteiger partial charge in [0.25, 0.3) is 0 Å². The molecule has 0 aliphatic carbocycles. The second-order valence-electron chi connectivity index (χ2n) is 5.55. The van der Waals surface area contributed by atoms with E-state index in [0.29, 0.717) is 4.83 Å². The van der Waals surface area contributed by atoms with Gasteiger partial charge >= 0.3 is 6.09 Å². The number of carbonyl (C=O) groups is 1. The molecule has 5 heteroatoms. The van der Waals surface area contributed by atoms with Crippen LogP contribution in [0.1, 0.15) is 27.7 Å². The van der Waals surface area contributed by atoms with Crippen molar-refractivity contribution in [3.63, 3.8) is 0 Å².